The summed E-state index contributed by atoms with van der Waals surface area (Å²) in [4.78, 5) is 17.9. The average molecular weight is 425 g/mol. The van der Waals surface area contributed by atoms with Crippen LogP contribution < -0.4 is 10.8 Å². The van der Waals surface area contributed by atoms with E-state index in [9.17, 15) is 4.79 Å². The van der Waals surface area contributed by atoms with E-state index in [-0.39, 0.29) is 24.8 Å². The summed E-state index contributed by atoms with van der Waals surface area (Å²) in [5, 5.41) is 12.0. The molecule has 0 radical (unpaired) electrons. The third kappa shape index (κ3) is 7.48. The monoisotopic (exact) mass is 424 g/mol. The van der Waals surface area contributed by atoms with Crippen molar-refractivity contribution in [1.29, 1.82) is 0 Å². The van der Waals surface area contributed by atoms with E-state index in [1.807, 2.05) is 18.2 Å². The largest absolute Gasteiger partial charge is 0.366 e. The van der Waals surface area contributed by atoms with Gasteiger partial charge in [0.15, 0.2) is 0 Å². The number of hydrogen-bond donors (Lipinski definition) is 3. The first-order valence-electron chi connectivity index (χ1n) is 8.84. The van der Waals surface area contributed by atoms with Gasteiger partial charge in [-0.25, -0.2) is 10.5 Å². The summed E-state index contributed by atoms with van der Waals surface area (Å²) >= 11 is 0. The van der Waals surface area contributed by atoms with Crippen molar-refractivity contribution in [1.82, 2.24) is 15.4 Å². The maximum Gasteiger partial charge on any atom is 0.267 e. The Bertz CT molecular complexity index is 742. The number of amides is 1. The lowest BCUT2D eigenvalue weighted by Crippen LogP contribution is -2.41. The average Bonchev–Trinajstić information content (AvgIpc) is 2.68. The minimum atomic E-state index is -0.562. The quantitative estimate of drug-likeness (QED) is 0.375. The number of pyridine rings is 1. The summed E-state index contributed by atoms with van der Waals surface area (Å²) in [6.07, 6.45) is 6.86. The summed E-state index contributed by atoms with van der Waals surface area (Å²) in [6, 6.07) is 14.7. The van der Waals surface area contributed by atoms with Crippen LogP contribution >= 0.6 is 24.8 Å². The van der Waals surface area contributed by atoms with Gasteiger partial charge in [0.1, 0.15) is 5.82 Å². The highest BCUT2D eigenvalue weighted by atomic mass is 35.5. The molecule has 1 aromatic heterocycles. The molecular formula is C20H26Cl2N4O2. The number of carbonyl (C=O) groups excluding carboxylic acids is 1. The predicted molar refractivity (Wildman–Crippen MR) is 116 cm³/mol. The third-order valence-electron chi connectivity index (χ3n) is 4.43. The summed E-state index contributed by atoms with van der Waals surface area (Å²) in [7, 11) is 0. The summed E-state index contributed by atoms with van der Waals surface area (Å²) in [5.74, 6) is 0.272. The van der Waals surface area contributed by atoms with E-state index in [0.29, 0.717) is 6.04 Å². The van der Waals surface area contributed by atoms with Gasteiger partial charge in [0.2, 0.25) is 0 Å². The number of anilines is 1. The number of likely N-dealkylation sites (tertiary alicyclic amines) is 1. The van der Waals surface area contributed by atoms with E-state index < -0.39 is 5.91 Å². The molecule has 1 atom stereocenters. The second-order valence-electron chi connectivity index (χ2n) is 6.49. The van der Waals surface area contributed by atoms with Gasteiger partial charge in [-0.2, -0.15) is 0 Å². The number of nitrogens with one attached hydrogen (secondary N) is 2. The molecule has 6 nitrogen and oxygen atoms in total. The lowest BCUT2D eigenvalue weighted by atomic mass is 10.0. The first kappa shape index (κ1) is 23.9. The van der Waals surface area contributed by atoms with Crippen LogP contribution in [-0.2, 0) is 11.3 Å². The number of rotatable bonds is 6. The normalized spacial score (nSPS) is 16.7. The van der Waals surface area contributed by atoms with Crippen LogP contribution in [0.5, 0.6) is 0 Å². The summed E-state index contributed by atoms with van der Waals surface area (Å²) < 4.78 is 0. The Hall–Kier alpha value is -2.12. The fourth-order valence-electron chi connectivity index (χ4n) is 3.17. The molecule has 2 heterocycles. The first-order valence-corrected chi connectivity index (χ1v) is 8.84. The van der Waals surface area contributed by atoms with Crippen molar-refractivity contribution in [3.63, 3.8) is 0 Å². The molecule has 0 spiro atoms. The summed E-state index contributed by atoms with van der Waals surface area (Å²) in [5.41, 5.74) is 3.70. The SMILES string of the molecule is Cl.Cl.O=C(/C=C/c1ccc(N[C@@H]2CCCN(Cc3ccccc3)C2)nc1)NO. The molecule has 1 aliphatic rings. The van der Waals surface area contributed by atoms with Crippen LogP contribution in [-0.4, -0.2) is 40.1 Å². The van der Waals surface area contributed by atoms with Crippen molar-refractivity contribution < 1.29 is 10.0 Å². The van der Waals surface area contributed by atoms with Gasteiger partial charge in [0.25, 0.3) is 5.91 Å². The van der Waals surface area contributed by atoms with Crippen molar-refractivity contribution >= 4 is 42.6 Å². The molecular weight excluding hydrogens is 399 g/mol. The molecule has 1 amide bonds. The maximum atomic E-state index is 11.0. The lowest BCUT2D eigenvalue weighted by molar-refractivity contribution is -0.124. The number of benzene rings is 1. The van der Waals surface area contributed by atoms with Crippen LogP contribution in [0, 0.1) is 0 Å². The Morgan fingerprint density at radius 1 is 1.21 bits per heavy atom. The van der Waals surface area contributed by atoms with Crippen LogP contribution in [0.4, 0.5) is 5.82 Å². The van der Waals surface area contributed by atoms with Gasteiger partial charge >= 0.3 is 0 Å². The van der Waals surface area contributed by atoms with Crippen molar-refractivity contribution in [3.05, 3.63) is 65.9 Å². The first-order chi connectivity index (χ1) is 12.7. The second-order valence-corrected chi connectivity index (χ2v) is 6.49. The molecule has 0 saturated carbocycles. The number of piperidine rings is 1. The van der Waals surface area contributed by atoms with Gasteiger partial charge in [0.05, 0.1) is 0 Å². The molecule has 3 rings (SSSR count). The molecule has 1 fully saturated rings. The smallest absolute Gasteiger partial charge is 0.267 e. The van der Waals surface area contributed by atoms with Crippen molar-refractivity contribution in [2.75, 3.05) is 18.4 Å². The Labute approximate surface area is 177 Å². The zero-order chi connectivity index (χ0) is 18.2. The standard InChI is InChI=1S/C20H24N4O2.2ClH/c25-20(23-26)11-9-16-8-10-19(21-13-16)22-18-7-4-12-24(15-18)14-17-5-2-1-3-6-17;;/h1-3,5-6,8-11,13,18,26H,4,7,12,14-15H2,(H,21,22)(H,23,25);2*1H/b11-9+;;/t18-;;/m1../s1. The zero-order valence-electron chi connectivity index (χ0n) is 15.5. The van der Waals surface area contributed by atoms with E-state index in [1.165, 1.54) is 18.1 Å². The molecule has 3 N–H and O–H groups in total. The Balaban J connectivity index is 0.00000196. The summed E-state index contributed by atoms with van der Waals surface area (Å²) in [6.45, 7) is 3.09. The molecule has 152 valence electrons. The molecule has 0 unspecified atom stereocenters. The van der Waals surface area contributed by atoms with Gasteiger partial charge in [-0.3, -0.25) is 14.9 Å². The second kappa shape index (κ2) is 12.4. The fraction of sp³-hybridized carbons (Fsp3) is 0.300. The number of nitrogens with zero attached hydrogens (tertiary/aromatic N) is 2. The Kier molecular flexibility index (Phi) is 10.6. The van der Waals surface area contributed by atoms with Crippen LogP contribution in [0.25, 0.3) is 6.08 Å². The highest BCUT2D eigenvalue weighted by Crippen LogP contribution is 2.17. The van der Waals surface area contributed by atoms with E-state index in [0.717, 1.165) is 37.4 Å². The van der Waals surface area contributed by atoms with E-state index in [4.69, 9.17) is 5.21 Å². The third-order valence-corrected chi connectivity index (χ3v) is 4.43. The number of hydrogen-bond acceptors (Lipinski definition) is 5. The number of halogens is 2. The van der Waals surface area contributed by atoms with E-state index in [2.05, 4.69) is 39.5 Å². The van der Waals surface area contributed by atoms with Crippen molar-refractivity contribution in [3.8, 4) is 0 Å². The van der Waals surface area contributed by atoms with Crippen LogP contribution in [0.15, 0.2) is 54.7 Å². The predicted octanol–water partition coefficient (Wildman–Crippen LogP) is 3.52. The van der Waals surface area contributed by atoms with Gasteiger partial charge in [0, 0.05) is 31.4 Å². The number of carbonyl (C=O) groups is 1. The molecule has 28 heavy (non-hydrogen) atoms. The van der Waals surface area contributed by atoms with Gasteiger partial charge in [-0.15, -0.1) is 24.8 Å². The van der Waals surface area contributed by atoms with Gasteiger partial charge in [-0.05, 0) is 48.7 Å². The number of aromatic nitrogens is 1. The Morgan fingerprint density at radius 2 is 2.00 bits per heavy atom. The molecule has 1 aromatic carbocycles. The fourth-order valence-corrected chi connectivity index (χ4v) is 3.17. The van der Waals surface area contributed by atoms with Crippen LogP contribution in [0.2, 0.25) is 0 Å². The van der Waals surface area contributed by atoms with E-state index >= 15 is 0 Å². The lowest BCUT2D eigenvalue weighted by Gasteiger charge is -2.33. The maximum absolute atomic E-state index is 11.0. The molecule has 1 aliphatic heterocycles. The van der Waals surface area contributed by atoms with E-state index in [1.54, 1.807) is 17.8 Å². The van der Waals surface area contributed by atoms with Crippen LogP contribution in [0.1, 0.15) is 24.0 Å². The molecule has 0 aliphatic carbocycles. The molecule has 2 aromatic rings. The topological polar surface area (TPSA) is 77.5 Å². The highest BCUT2D eigenvalue weighted by molar-refractivity contribution is 5.90. The minimum absolute atomic E-state index is 0. The van der Waals surface area contributed by atoms with Gasteiger partial charge in [-0.1, -0.05) is 30.3 Å². The minimum Gasteiger partial charge on any atom is -0.366 e. The highest BCUT2D eigenvalue weighted by Gasteiger charge is 2.20. The molecule has 0 bridgehead atoms. The molecule has 8 heteroatoms. The van der Waals surface area contributed by atoms with Crippen LogP contribution in [0.3, 0.4) is 0 Å². The number of hydroxylamine groups is 1. The van der Waals surface area contributed by atoms with Crippen molar-refractivity contribution in [2.45, 2.75) is 25.4 Å². The van der Waals surface area contributed by atoms with Gasteiger partial charge < -0.3 is 5.32 Å². The van der Waals surface area contributed by atoms with Crippen molar-refractivity contribution in [2.24, 2.45) is 0 Å². The Morgan fingerprint density at radius 3 is 2.68 bits per heavy atom. The zero-order valence-corrected chi connectivity index (χ0v) is 17.1. The molecule has 1 saturated heterocycles.